The molecule has 0 aliphatic rings. The average molecular weight is 204 g/mol. The fraction of sp³-hybridized carbons (Fsp3) is 0.308. The van der Waals surface area contributed by atoms with E-state index in [0.717, 1.165) is 12.8 Å². The van der Waals surface area contributed by atoms with Gasteiger partial charge in [-0.05, 0) is 30.9 Å². The highest BCUT2D eigenvalue weighted by molar-refractivity contribution is 5.81. The van der Waals surface area contributed by atoms with Crippen LogP contribution < -0.4 is 0 Å². The second-order valence-corrected chi connectivity index (χ2v) is 3.40. The van der Waals surface area contributed by atoms with Crippen LogP contribution in [-0.2, 0) is 16.0 Å². The minimum Gasteiger partial charge on any atom is -0.463 e. The van der Waals surface area contributed by atoms with E-state index in [-0.39, 0.29) is 5.97 Å². The molecular formula is C13H16O2. The Morgan fingerprint density at radius 2 is 2.20 bits per heavy atom. The van der Waals surface area contributed by atoms with Crippen LogP contribution in [0, 0.1) is 6.92 Å². The van der Waals surface area contributed by atoms with Crippen LogP contribution in [0.2, 0.25) is 0 Å². The number of benzene rings is 1. The molecule has 2 heteroatoms. The minimum absolute atomic E-state index is 0.347. The zero-order chi connectivity index (χ0) is 11.1. The van der Waals surface area contributed by atoms with Crippen LogP contribution in [0.1, 0.15) is 17.5 Å². The summed E-state index contributed by atoms with van der Waals surface area (Å²) in [5.74, 6) is -0.347. The molecule has 0 amide bonds. The molecule has 0 aliphatic carbocycles. The number of esters is 1. The van der Waals surface area contributed by atoms with Gasteiger partial charge in [-0.3, -0.25) is 0 Å². The SMILES string of the molecule is C=CC(=O)OCCCc1ccccc1C. The number of ether oxygens (including phenoxy) is 1. The van der Waals surface area contributed by atoms with E-state index in [2.05, 4.69) is 25.6 Å². The Morgan fingerprint density at radius 1 is 1.47 bits per heavy atom. The van der Waals surface area contributed by atoms with Crippen molar-refractivity contribution in [1.29, 1.82) is 0 Å². The van der Waals surface area contributed by atoms with Gasteiger partial charge in [0.25, 0.3) is 0 Å². The maximum absolute atomic E-state index is 10.7. The van der Waals surface area contributed by atoms with Crippen LogP contribution in [0.15, 0.2) is 36.9 Å². The lowest BCUT2D eigenvalue weighted by atomic mass is 10.0. The number of aryl methyl sites for hydroxylation is 2. The minimum atomic E-state index is -0.347. The van der Waals surface area contributed by atoms with Gasteiger partial charge in [-0.2, -0.15) is 0 Å². The fourth-order valence-electron chi connectivity index (χ4n) is 1.38. The van der Waals surface area contributed by atoms with Crippen molar-refractivity contribution in [2.24, 2.45) is 0 Å². The third kappa shape index (κ3) is 3.98. The summed E-state index contributed by atoms with van der Waals surface area (Å²) < 4.78 is 4.90. The largest absolute Gasteiger partial charge is 0.463 e. The van der Waals surface area contributed by atoms with Crippen LogP contribution in [0.5, 0.6) is 0 Å². The van der Waals surface area contributed by atoms with Crippen molar-refractivity contribution in [3.8, 4) is 0 Å². The van der Waals surface area contributed by atoms with Gasteiger partial charge in [-0.1, -0.05) is 30.8 Å². The second kappa shape index (κ2) is 6.02. The lowest BCUT2D eigenvalue weighted by Gasteiger charge is -2.05. The molecule has 0 spiro atoms. The average Bonchev–Trinajstić information content (AvgIpc) is 2.26. The van der Waals surface area contributed by atoms with E-state index >= 15 is 0 Å². The van der Waals surface area contributed by atoms with Gasteiger partial charge in [-0.25, -0.2) is 4.79 Å². The van der Waals surface area contributed by atoms with Gasteiger partial charge in [-0.15, -0.1) is 0 Å². The van der Waals surface area contributed by atoms with Crippen LogP contribution in [0.25, 0.3) is 0 Å². The molecule has 0 unspecified atom stereocenters. The summed E-state index contributed by atoms with van der Waals surface area (Å²) in [5.41, 5.74) is 2.60. The van der Waals surface area contributed by atoms with Crippen LogP contribution in [0.3, 0.4) is 0 Å². The maximum Gasteiger partial charge on any atom is 0.330 e. The molecule has 15 heavy (non-hydrogen) atoms. The molecule has 0 bridgehead atoms. The number of carbonyl (C=O) groups excluding carboxylic acids is 1. The zero-order valence-corrected chi connectivity index (χ0v) is 9.03. The van der Waals surface area contributed by atoms with Gasteiger partial charge in [0.15, 0.2) is 0 Å². The van der Waals surface area contributed by atoms with Crippen molar-refractivity contribution < 1.29 is 9.53 Å². The van der Waals surface area contributed by atoms with E-state index in [4.69, 9.17) is 4.74 Å². The highest BCUT2D eigenvalue weighted by atomic mass is 16.5. The van der Waals surface area contributed by atoms with Crippen LogP contribution >= 0.6 is 0 Å². The summed E-state index contributed by atoms with van der Waals surface area (Å²) in [7, 11) is 0. The molecule has 0 radical (unpaired) electrons. The summed E-state index contributed by atoms with van der Waals surface area (Å²) in [6, 6.07) is 8.24. The first-order valence-corrected chi connectivity index (χ1v) is 5.07. The first-order valence-electron chi connectivity index (χ1n) is 5.07. The molecule has 0 aromatic heterocycles. The number of rotatable bonds is 5. The van der Waals surface area contributed by atoms with Crippen molar-refractivity contribution >= 4 is 5.97 Å². The van der Waals surface area contributed by atoms with E-state index in [1.165, 1.54) is 17.2 Å². The summed E-state index contributed by atoms with van der Waals surface area (Å²) in [6.07, 6.45) is 2.98. The molecule has 1 aromatic carbocycles. The third-order valence-corrected chi connectivity index (χ3v) is 2.26. The normalized spacial score (nSPS) is 9.67. The van der Waals surface area contributed by atoms with Crippen LogP contribution in [-0.4, -0.2) is 12.6 Å². The molecular weight excluding hydrogens is 188 g/mol. The Morgan fingerprint density at radius 3 is 2.87 bits per heavy atom. The summed E-state index contributed by atoms with van der Waals surface area (Å²) >= 11 is 0. The first kappa shape index (κ1) is 11.5. The monoisotopic (exact) mass is 204 g/mol. The predicted octanol–water partition coefficient (Wildman–Crippen LogP) is 2.66. The fourth-order valence-corrected chi connectivity index (χ4v) is 1.38. The van der Waals surface area contributed by atoms with Crippen molar-refractivity contribution in [2.45, 2.75) is 19.8 Å². The third-order valence-electron chi connectivity index (χ3n) is 2.26. The number of hydrogen-bond acceptors (Lipinski definition) is 2. The summed E-state index contributed by atoms with van der Waals surface area (Å²) in [4.78, 5) is 10.7. The van der Waals surface area contributed by atoms with Crippen molar-refractivity contribution in [1.82, 2.24) is 0 Å². The van der Waals surface area contributed by atoms with E-state index in [1.807, 2.05) is 12.1 Å². The molecule has 0 aliphatic heterocycles. The van der Waals surface area contributed by atoms with E-state index < -0.39 is 0 Å². The number of hydrogen-bond donors (Lipinski definition) is 0. The second-order valence-electron chi connectivity index (χ2n) is 3.40. The van der Waals surface area contributed by atoms with Crippen molar-refractivity contribution in [3.63, 3.8) is 0 Å². The molecule has 0 heterocycles. The molecule has 0 fully saturated rings. The summed E-state index contributed by atoms with van der Waals surface area (Å²) in [5, 5.41) is 0. The Labute approximate surface area is 90.6 Å². The maximum atomic E-state index is 10.7. The van der Waals surface area contributed by atoms with Gasteiger partial charge in [0.05, 0.1) is 6.61 Å². The lowest BCUT2D eigenvalue weighted by molar-refractivity contribution is -0.137. The van der Waals surface area contributed by atoms with Gasteiger partial charge in [0.2, 0.25) is 0 Å². The van der Waals surface area contributed by atoms with Gasteiger partial charge < -0.3 is 4.74 Å². The predicted molar refractivity (Wildman–Crippen MR) is 60.7 cm³/mol. The van der Waals surface area contributed by atoms with E-state index in [1.54, 1.807) is 0 Å². The van der Waals surface area contributed by atoms with Crippen molar-refractivity contribution in [3.05, 3.63) is 48.0 Å². The Kier molecular flexibility index (Phi) is 4.61. The van der Waals surface area contributed by atoms with E-state index in [9.17, 15) is 4.79 Å². The Hall–Kier alpha value is -1.57. The van der Waals surface area contributed by atoms with Crippen LogP contribution in [0.4, 0.5) is 0 Å². The quantitative estimate of drug-likeness (QED) is 0.418. The first-order chi connectivity index (χ1) is 7.24. The van der Waals surface area contributed by atoms with Gasteiger partial charge in [0.1, 0.15) is 0 Å². The molecule has 80 valence electrons. The molecule has 0 saturated carbocycles. The molecule has 0 N–H and O–H groups in total. The molecule has 1 rings (SSSR count). The molecule has 0 atom stereocenters. The van der Waals surface area contributed by atoms with E-state index in [0.29, 0.717) is 6.61 Å². The smallest absolute Gasteiger partial charge is 0.330 e. The lowest BCUT2D eigenvalue weighted by Crippen LogP contribution is -2.03. The highest BCUT2D eigenvalue weighted by Crippen LogP contribution is 2.09. The Balaban J connectivity index is 2.29. The standard InChI is InChI=1S/C13H16O2/c1-3-13(14)15-10-6-9-12-8-5-4-7-11(12)2/h3-5,7-8H,1,6,9-10H2,2H3. The summed E-state index contributed by atoms with van der Waals surface area (Å²) in [6.45, 7) is 5.88. The van der Waals surface area contributed by atoms with Gasteiger partial charge >= 0.3 is 5.97 Å². The molecule has 2 nitrogen and oxygen atoms in total. The van der Waals surface area contributed by atoms with Crippen molar-refractivity contribution in [2.75, 3.05) is 6.61 Å². The molecule has 1 aromatic rings. The highest BCUT2D eigenvalue weighted by Gasteiger charge is 1.98. The van der Waals surface area contributed by atoms with Gasteiger partial charge in [0, 0.05) is 6.08 Å². The number of carbonyl (C=O) groups is 1. The topological polar surface area (TPSA) is 26.3 Å². The molecule has 0 saturated heterocycles. The Bertz CT molecular complexity index is 342. The zero-order valence-electron chi connectivity index (χ0n) is 9.03.